The van der Waals surface area contributed by atoms with Crippen molar-refractivity contribution in [2.75, 3.05) is 0 Å². The molecule has 0 fully saturated rings. The predicted octanol–water partition coefficient (Wildman–Crippen LogP) is 4.63. The minimum Gasteiger partial charge on any atom is -0.309 e. The molecule has 0 aromatic heterocycles. The van der Waals surface area contributed by atoms with Gasteiger partial charge < -0.3 is 5.32 Å². The molecule has 0 saturated carbocycles. The van der Waals surface area contributed by atoms with Crippen molar-refractivity contribution in [3.05, 3.63) is 68.7 Å². The van der Waals surface area contributed by atoms with Gasteiger partial charge in [-0.25, -0.2) is 8.78 Å². The Kier molecular flexibility index (Phi) is 4.89. The molecule has 0 atom stereocenters. The van der Waals surface area contributed by atoms with Crippen LogP contribution in [0.15, 0.2) is 34.8 Å². The van der Waals surface area contributed by atoms with Gasteiger partial charge in [0.15, 0.2) is 0 Å². The Morgan fingerprint density at radius 2 is 1.65 bits per heavy atom. The molecule has 1 N–H and O–H groups in total. The molecule has 2 aromatic rings. The highest BCUT2D eigenvalue weighted by molar-refractivity contribution is 9.10. The van der Waals surface area contributed by atoms with Gasteiger partial charge in [0.2, 0.25) is 0 Å². The lowest BCUT2D eigenvalue weighted by atomic mass is 10.1. The average Bonchev–Trinajstić information content (AvgIpc) is 2.38. The second kappa shape index (κ2) is 6.46. The van der Waals surface area contributed by atoms with Gasteiger partial charge in [-0.15, -0.1) is 0 Å². The van der Waals surface area contributed by atoms with Crippen molar-refractivity contribution < 1.29 is 8.78 Å². The van der Waals surface area contributed by atoms with E-state index in [4.69, 9.17) is 0 Å². The SMILES string of the molecule is Cc1cc(CNCc2ccc(F)cc2Br)cc(C)c1F. The summed E-state index contributed by atoms with van der Waals surface area (Å²) in [6.07, 6.45) is 0. The second-order valence-corrected chi connectivity index (χ2v) is 5.74. The van der Waals surface area contributed by atoms with E-state index in [1.165, 1.54) is 12.1 Å². The molecule has 0 spiro atoms. The monoisotopic (exact) mass is 339 g/mol. The maximum absolute atomic E-state index is 13.5. The second-order valence-electron chi connectivity index (χ2n) is 4.88. The topological polar surface area (TPSA) is 12.0 Å². The highest BCUT2D eigenvalue weighted by atomic mass is 79.9. The van der Waals surface area contributed by atoms with Crippen molar-refractivity contribution in [1.29, 1.82) is 0 Å². The summed E-state index contributed by atoms with van der Waals surface area (Å²) in [6, 6.07) is 8.31. The molecule has 0 aliphatic rings. The summed E-state index contributed by atoms with van der Waals surface area (Å²) >= 11 is 3.34. The fraction of sp³-hybridized carbons (Fsp3) is 0.250. The van der Waals surface area contributed by atoms with E-state index in [0.29, 0.717) is 24.2 Å². The summed E-state index contributed by atoms with van der Waals surface area (Å²) in [4.78, 5) is 0. The minimum atomic E-state index is -0.259. The van der Waals surface area contributed by atoms with Gasteiger partial charge in [0.25, 0.3) is 0 Å². The van der Waals surface area contributed by atoms with Crippen molar-refractivity contribution in [3.8, 4) is 0 Å². The van der Waals surface area contributed by atoms with E-state index in [0.717, 1.165) is 15.6 Å². The lowest BCUT2D eigenvalue weighted by molar-refractivity contribution is 0.605. The van der Waals surface area contributed by atoms with E-state index in [2.05, 4.69) is 21.2 Å². The third-order valence-corrected chi connectivity index (χ3v) is 3.89. The number of rotatable bonds is 4. The van der Waals surface area contributed by atoms with Crippen LogP contribution in [-0.2, 0) is 13.1 Å². The van der Waals surface area contributed by atoms with Crippen LogP contribution in [0.1, 0.15) is 22.3 Å². The molecule has 0 bridgehead atoms. The maximum atomic E-state index is 13.5. The molecule has 20 heavy (non-hydrogen) atoms. The molecule has 2 rings (SSSR count). The largest absolute Gasteiger partial charge is 0.309 e. The molecule has 106 valence electrons. The van der Waals surface area contributed by atoms with Crippen LogP contribution in [0, 0.1) is 25.5 Å². The van der Waals surface area contributed by atoms with E-state index in [-0.39, 0.29) is 11.6 Å². The van der Waals surface area contributed by atoms with Crippen LogP contribution in [0.5, 0.6) is 0 Å². The van der Waals surface area contributed by atoms with Crippen LogP contribution >= 0.6 is 15.9 Å². The maximum Gasteiger partial charge on any atom is 0.129 e. The van der Waals surface area contributed by atoms with Crippen molar-refractivity contribution in [2.45, 2.75) is 26.9 Å². The molecule has 0 amide bonds. The molecular weight excluding hydrogens is 324 g/mol. The predicted molar refractivity (Wildman–Crippen MR) is 80.5 cm³/mol. The Labute approximate surface area is 126 Å². The Balaban J connectivity index is 1.99. The van der Waals surface area contributed by atoms with Crippen LogP contribution in [0.4, 0.5) is 8.78 Å². The summed E-state index contributed by atoms with van der Waals surface area (Å²) in [5, 5.41) is 3.28. The van der Waals surface area contributed by atoms with Crippen LogP contribution in [0.2, 0.25) is 0 Å². The van der Waals surface area contributed by atoms with Crippen molar-refractivity contribution in [3.63, 3.8) is 0 Å². The molecular formula is C16H16BrF2N. The Morgan fingerprint density at radius 1 is 1.00 bits per heavy atom. The van der Waals surface area contributed by atoms with Gasteiger partial charge in [-0.3, -0.25) is 0 Å². The number of aryl methyl sites for hydroxylation is 2. The van der Waals surface area contributed by atoms with Crippen LogP contribution in [-0.4, -0.2) is 0 Å². The first-order valence-corrected chi connectivity index (χ1v) is 7.17. The van der Waals surface area contributed by atoms with Crippen molar-refractivity contribution >= 4 is 15.9 Å². The molecule has 0 radical (unpaired) electrons. The van der Waals surface area contributed by atoms with Gasteiger partial charge in [-0.05, 0) is 48.2 Å². The van der Waals surface area contributed by atoms with E-state index in [1.54, 1.807) is 19.9 Å². The van der Waals surface area contributed by atoms with Crippen LogP contribution < -0.4 is 5.32 Å². The van der Waals surface area contributed by atoms with Crippen molar-refractivity contribution in [2.24, 2.45) is 0 Å². The van der Waals surface area contributed by atoms with E-state index in [9.17, 15) is 8.78 Å². The smallest absolute Gasteiger partial charge is 0.129 e. The summed E-state index contributed by atoms with van der Waals surface area (Å²) in [5.74, 6) is -0.402. The highest BCUT2D eigenvalue weighted by Gasteiger charge is 2.05. The zero-order valence-electron chi connectivity index (χ0n) is 11.4. The first-order chi connectivity index (χ1) is 9.47. The number of nitrogens with one attached hydrogen (secondary N) is 1. The number of benzene rings is 2. The van der Waals surface area contributed by atoms with Crippen molar-refractivity contribution in [1.82, 2.24) is 5.32 Å². The van der Waals surface area contributed by atoms with E-state index < -0.39 is 0 Å². The number of halogens is 3. The quantitative estimate of drug-likeness (QED) is 0.855. The molecule has 0 aliphatic carbocycles. The van der Waals surface area contributed by atoms with E-state index in [1.807, 2.05) is 12.1 Å². The molecule has 2 aromatic carbocycles. The van der Waals surface area contributed by atoms with Gasteiger partial charge in [-0.2, -0.15) is 0 Å². The van der Waals surface area contributed by atoms with Gasteiger partial charge in [-0.1, -0.05) is 34.1 Å². The zero-order chi connectivity index (χ0) is 14.7. The van der Waals surface area contributed by atoms with Crippen LogP contribution in [0.25, 0.3) is 0 Å². The zero-order valence-corrected chi connectivity index (χ0v) is 13.0. The van der Waals surface area contributed by atoms with Gasteiger partial charge in [0.05, 0.1) is 0 Å². The third-order valence-electron chi connectivity index (χ3n) is 3.16. The summed E-state index contributed by atoms with van der Waals surface area (Å²) in [5.41, 5.74) is 3.34. The molecule has 0 saturated heterocycles. The summed E-state index contributed by atoms with van der Waals surface area (Å²) < 4.78 is 27.2. The standard InChI is InChI=1S/C16H16BrF2N/c1-10-5-12(6-11(2)16(10)19)8-20-9-13-3-4-14(18)7-15(13)17/h3-7,20H,8-9H2,1-2H3. The Hall–Kier alpha value is -1.26. The molecule has 0 heterocycles. The number of hydrogen-bond donors (Lipinski definition) is 1. The summed E-state index contributed by atoms with van der Waals surface area (Å²) in [7, 11) is 0. The molecule has 0 unspecified atom stereocenters. The van der Waals surface area contributed by atoms with Gasteiger partial charge in [0.1, 0.15) is 11.6 Å². The normalized spacial score (nSPS) is 10.8. The van der Waals surface area contributed by atoms with Gasteiger partial charge in [0, 0.05) is 17.6 Å². The first kappa shape index (κ1) is 15.1. The molecule has 4 heteroatoms. The highest BCUT2D eigenvalue weighted by Crippen LogP contribution is 2.18. The lowest BCUT2D eigenvalue weighted by Crippen LogP contribution is -2.13. The average molecular weight is 340 g/mol. The first-order valence-electron chi connectivity index (χ1n) is 6.37. The third kappa shape index (κ3) is 3.64. The van der Waals surface area contributed by atoms with Crippen LogP contribution in [0.3, 0.4) is 0 Å². The lowest BCUT2D eigenvalue weighted by Gasteiger charge is -2.09. The fourth-order valence-corrected chi connectivity index (χ4v) is 2.64. The Morgan fingerprint density at radius 3 is 2.25 bits per heavy atom. The van der Waals surface area contributed by atoms with E-state index >= 15 is 0 Å². The van der Waals surface area contributed by atoms with Gasteiger partial charge >= 0.3 is 0 Å². The fourth-order valence-electron chi connectivity index (χ4n) is 2.14. The molecule has 1 nitrogen and oxygen atoms in total. The summed E-state index contributed by atoms with van der Waals surface area (Å²) in [6.45, 7) is 4.80. The Bertz CT molecular complexity index is 603. The minimum absolute atomic E-state index is 0.143. The number of hydrogen-bond acceptors (Lipinski definition) is 1. The molecule has 0 aliphatic heterocycles.